The minimum atomic E-state index is -0.183. The lowest BCUT2D eigenvalue weighted by Crippen LogP contribution is -2.00. The number of rotatable bonds is 2. The second-order valence-corrected chi connectivity index (χ2v) is 4.16. The second-order valence-electron chi connectivity index (χ2n) is 4.16. The zero-order valence-electron chi connectivity index (χ0n) is 9.44. The average Bonchev–Trinajstić information content (AvgIpc) is 2.26. The maximum atomic E-state index is 9.77. The van der Waals surface area contributed by atoms with Gasteiger partial charge in [0.25, 0.3) is 0 Å². The summed E-state index contributed by atoms with van der Waals surface area (Å²) in [5.74, 6) is 0.172. The molecule has 3 heteroatoms. The Balaban J connectivity index is 2.87. The quantitative estimate of drug-likeness (QED) is 0.812. The predicted molar refractivity (Wildman–Crippen MR) is 63.4 cm³/mol. The van der Waals surface area contributed by atoms with Crippen LogP contribution in [0.15, 0.2) is 24.3 Å². The maximum Gasteiger partial charge on any atom is 0.217 e. The fraction of sp³-hybridized carbons (Fsp3) is 0.308. The molecule has 0 saturated carbocycles. The van der Waals surface area contributed by atoms with Crippen LogP contribution in [-0.2, 0) is 6.61 Å². The van der Waals surface area contributed by atoms with Gasteiger partial charge >= 0.3 is 0 Å². The van der Waals surface area contributed by atoms with Gasteiger partial charge in [0.15, 0.2) is 0 Å². The number of hydrogen-bond donors (Lipinski definition) is 2. The zero-order chi connectivity index (χ0) is 11.7. The Bertz CT molecular complexity index is 521. The van der Waals surface area contributed by atoms with Crippen LogP contribution in [0.4, 0.5) is 0 Å². The minimum Gasteiger partial charge on any atom is -0.493 e. The molecule has 0 amide bonds. The van der Waals surface area contributed by atoms with E-state index in [1.165, 1.54) is 0 Å². The van der Waals surface area contributed by atoms with Crippen molar-refractivity contribution in [1.82, 2.24) is 4.98 Å². The monoisotopic (exact) mass is 217 g/mol. The Morgan fingerprint density at radius 1 is 1.25 bits per heavy atom. The molecule has 1 heterocycles. The van der Waals surface area contributed by atoms with Gasteiger partial charge in [-0.05, 0) is 17.5 Å². The molecule has 84 valence electrons. The van der Waals surface area contributed by atoms with Gasteiger partial charge in [-0.15, -0.1) is 0 Å². The van der Waals surface area contributed by atoms with Crippen molar-refractivity contribution in [3.63, 3.8) is 0 Å². The first-order chi connectivity index (χ1) is 7.65. The third-order valence-corrected chi connectivity index (χ3v) is 2.75. The summed E-state index contributed by atoms with van der Waals surface area (Å²) in [6.45, 7) is 3.90. The Labute approximate surface area is 94.4 Å². The fourth-order valence-electron chi connectivity index (χ4n) is 2.08. The first-order valence-electron chi connectivity index (χ1n) is 5.36. The van der Waals surface area contributed by atoms with Gasteiger partial charge in [0.05, 0.1) is 12.1 Å². The third-order valence-electron chi connectivity index (χ3n) is 2.75. The first kappa shape index (κ1) is 10.9. The maximum absolute atomic E-state index is 9.77. The Kier molecular flexibility index (Phi) is 2.79. The van der Waals surface area contributed by atoms with E-state index in [1.54, 1.807) is 0 Å². The molecule has 2 aromatic rings. The smallest absolute Gasteiger partial charge is 0.217 e. The van der Waals surface area contributed by atoms with Crippen LogP contribution in [0.3, 0.4) is 0 Å². The van der Waals surface area contributed by atoms with E-state index in [1.807, 2.05) is 38.1 Å². The van der Waals surface area contributed by atoms with Crippen LogP contribution in [0.1, 0.15) is 30.9 Å². The van der Waals surface area contributed by atoms with Crippen molar-refractivity contribution in [2.24, 2.45) is 0 Å². The minimum absolute atomic E-state index is 0.0649. The number of aliphatic hydroxyl groups excluding tert-OH is 1. The molecule has 0 aliphatic carbocycles. The van der Waals surface area contributed by atoms with Gasteiger partial charge in [-0.3, -0.25) is 0 Å². The van der Waals surface area contributed by atoms with Crippen LogP contribution in [-0.4, -0.2) is 15.2 Å². The van der Waals surface area contributed by atoms with E-state index >= 15 is 0 Å². The summed E-state index contributed by atoms with van der Waals surface area (Å²) in [7, 11) is 0. The van der Waals surface area contributed by atoms with Crippen LogP contribution in [0, 0.1) is 0 Å². The van der Waals surface area contributed by atoms with Crippen molar-refractivity contribution in [1.29, 1.82) is 0 Å². The standard InChI is InChI=1S/C13H15NO2/c1-8(2)12-9-5-3-4-6-11(9)14-13(16)10(12)7-15/h3-6,8,15H,7H2,1-2H3,(H,14,16). The summed E-state index contributed by atoms with van der Waals surface area (Å²) < 4.78 is 0. The summed E-state index contributed by atoms with van der Waals surface area (Å²) >= 11 is 0. The molecule has 0 bridgehead atoms. The van der Waals surface area contributed by atoms with E-state index in [0.717, 1.165) is 16.5 Å². The van der Waals surface area contributed by atoms with E-state index in [-0.39, 0.29) is 18.4 Å². The van der Waals surface area contributed by atoms with E-state index < -0.39 is 0 Å². The Morgan fingerprint density at radius 2 is 1.94 bits per heavy atom. The molecule has 0 atom stereocenters. The van der Waals surface area contributed by atoms with Gasteiger partial charge in [-0.25, -0.2) is 4.98 Å². The highest BCUT2D eigenvalue weighted by molar-refractivity contribution is 5.84. The Hall–Kier alpha value is -1.61. The largest absolute Gasteiger partial charge is 0.493 e. The molecule has 1 aromatic carbocycles. The molecular weight excluding hydrogens is 202 g/mol. The van der Waals surface area contributed by atoms with Crippen LogP contribution in [0.2, 0.25) is 0 Å². The van der Waals surface area contributed by atoms with E-state index in [0.29, 0.717) is 5.56 Å². The molecule has 2 N–H and O–H groups in total. The molecule has 3 nitrogen and oxygen atoms in total. The second kappa shape index (κ2) is 4.10. The van der Waals surface area contributed by atoms with Crippen molar-refractivity contribution in [3.8, 4) is 5.88 Å². The van der Waals surface area contributed by atoms with Crippen molar-refractivity contribution >= 4 is 10.9 Å². The first-order valence-corrected chi connectivity index (χ1v) is 5.36. The van der Waals surface area contributed by atoms with Gasteiger partial charge in [0.1, 0.15) is 0 Å². The molecule has 0 radical (unpaired) electrons. The normalized spacial score (nSPS) is 11.2. The predicted octanol–water partition coefficient (Wildman–Crippen LogP) is 2.56. The lowest BCUT2D eigenvalue weighted by atomic mass is 9.94. The van der Waals surface area contributed by atoms with Gasteiger partial charge in [-0.2, -0.15) is 0 Å². The highest BCUT2D eigenvalue weighted by atomic mass is 16.3. The molecular formula is C13H15NO2. The number of pyridine rings is 1. The number of aliphatic hydroxyl groups is 1. The summed E-state index contributed by atoms with van der Waals surface area (Å²) in [6, 6.07) is 7.66. The fourth-order valence-corrected chi connectivity index (χ4v) is 2.08. The van der Waals surface area contributed by atoms with Crippen molar-refractivity contribution in [2.75, 3.05) is 0 Å². The molecule has 0 fully saturated rings. The summed E-state index contributed by atoms with van der Waals surface area (Å²) in [4.78, 5) is 4.09. The van der Waals surface area contributed by atoms with Crippen LogP contribution >= 0.6 is 0 Å². The number of benzene rings is 1. The topological polar surface area (TPSA) is 53.4 Å². The van der Waals surface area contributed by atoms with Crippen molar-refractivity contribution < 1.29 is 10.2 Å². The summed E-state index contributed by atoms with van der Waals surface area (Å²) in [6.07, 6.45) is 0. The molecule has 2 rings (SSSR count). The van der Waals surface area contributed by atoms with E-state index in [2.05, 4.69) is 4.98 Å². The van der Waals surface area contributed by atoms with E-state index in [4.69, 9.17) is 0 Å². The summed E-state index contributed by atoms with van der Waals surface area (Å²) in [5.41, 5.74) is 2.28. The number of para-hydroxylation sites is 1. The lowest BCUT2D eigenvalue weighted by Gasteiger charge is -2.15. The average molecular weight is 217 g/mol. The highest BCUT2D eigenvalue weighted by Crippen LogP contribution is 2.32. The van der Waals surface area contributed by atoms with Gasteiger partial charge in [0.2, 0.25) is 5.88 Å². The van der Waals surface area contributed by atoms with Crippen molar-refractivity contribution in [2.45, 2.75) is 26.4 Å². The molecule has 16 heavy (non-hydrogen) atoms. The molecule has 0 saturated heterocycles. The zero-order valence-corrected chi connectivity index (χ0v) is 9.44. The van der Waals surface area contributed by atoms with Crippen LogP contribution in [0.5, 0.6) is 5.88 Å². The van der Waals surface area contributed by atoms with Crippen molar-refractivity contribution in [3.05, 3.63) is 35.4 Å². The molecule has 0 spiro atoms. The van der Waals surface area contributed by atoms with Gasteiger partial charge in [-0.1, -0.05) is 32.0 Å². The molecule has 1 aromatic heterocycles. The number of fused-ring (bicyclic) bond motifs is 1. The number of aromatic hydroxyl groups is 1. The summed E-state index contributed by atoms with van der Waals surface area (Å²) in [5, 5.41) is 20.1. The Morgan fingerprint density at radius 3 is 2.56 bits per heavy atom. The van der Waals surface area contributed by atoms with Gasteiger partial charge in [0, 0.05) is 10.9 Å². The number of nitrogens with zero attached hydrogens (tertiary/aromatic N) is 1. The van der Waals surface area contributed by atoms with Crippen LogP contribution < -0.4 is 0 Å². The SMILES string of the molecule is CC(C)c1c(CO)c(O)nc2ccccc12. The molecule has 0 aliphatic rings. The van der Waals surface area contributed by atoms with Gasteiger partial charge < -0.3 is 10.2 Å². The highest BCUT2D eigenvalue weighted by Gasteiger charge is 2.15. The molecule has 0 aliphatic heterocycles. The number of aromatic nitrogens is 1. The lowest BCUT2D eigenvalue weighted by molar-refractivity contribution is 0.272. The number of hydrogen-bond acceptors (Lipinski definition) is 3. The van der Waals surface area contributed by atoms with E-state index in [9.17, 15) is 10.2 Å². The third kappa shape index (κ3) is 1.63. The molecule has 0 unspecified atom stereocenters. The van der Waals surface area contributed by atoms with Crippen LogP contribution in [0.25, 0.3) is 10.9 Å².